The van der Waals surface area contributed by atoms with E-state index in [4.69, 9.17) is 0 Å². The van der Waals surface area contributed by atoms with Crippen LogP contribution in [-0.2, 0) is 23.1 Å². The topological polar surface area (TPSA) is 58.2 Å². The van der Waals surface area contributed by atoms with Crippen LogP contribution in [0.15, 0.2) is 45.8 Å². The summed E-state index contributed by atoms with van der Waals surface area (Å²) in [6.07, 6.45) is 0. The average molecular weight is 371 g/mol. The Balaban J connectivity index is 1.91. The lowest BCUT2D eigenvalue weighted by Crippen LogP contribution is -2.13. The van der Waals surface area contributed by atoms with Gasteiger partial charge in [-0.2, -0.15) is 0 Å². The normalized spacial score (nSPS) is 14.0. The van der Waals surface area contributed by atoms with Gasteiger partial charge in [0.05, 0.1) is 15.1 Å². The van der Waals surface area contributed by atoms with Crippen LogP contribution >= 0.6 is 15.9 Å². The van der Waals surface area contributed by atoms with E-state index in [1.165, 1.54) is 12.1 Å². The van der Waals surface area contributed by atoms with E-state index in [0.717, 1.165) is 23.7 Å². The Morgan fingerprint density at radius 1 is 1.10 bits per heavy atom. The van der Waals surface area contributed by atoms with E-state index in [9.17, 15) is 12.8 Å². The first kappa shape index (κ1) is 14.5. The quantitative estimate of drug-likeness (QED) is 0.872. The van der Waals surface area contributed by atoms with Crippen molar-refractivity contribution in [1.29, 1.82) is 0 Å². The Labute approximate surface area is 130 Å². The van der Waals surface area contributed by atoms with Crippen molar-refractivity contribution in [2.75, 3.05) is 4.72 Å². The molecule has 0 spiro atoms. The monoisotopic (exact) mass is 370 g/mol. The zero-order valence-corrected chi connectivity index (χ0v) is 13.3. The molecular formula is C14H12BrFN2O2S. The zero-order chi connectivity index (χ0) is 15.0. The van der Waals surface area contributed by atoms with Crippen molar-refractivity contribution in [2.24, 2.45) is 0 Å². The van der Waals surface area contributed by atoms with E-state index in [1.807, 2.05) is 0 Å². The van der Waals surface area contributed by atoms with Gasteiger partial charge < -0.3 is 5.32 Å². The summed E-state index contributed by atoms with van der Waals surface area (Å²) < 4.78 is 40.8. The second kappa shape index (κ2) is 5.40. The lowest BCUT2D eigenvalue weighted by molar-refractivity contribution is 0.601. The van der Waals surface area contributed by atoms with Crippen molar-refractivity contribution in [1.82, 2.24) is 5.32 Å². The first-order valence-electron chi connectivity index (χ1n) is 6.26. The Bertz CT molecular complexity index is 809. The van der Waals surface area contributed by atoms with Crippen LogP contribution in [0.3, 0.4) is 0 Å². The number of fused-ring (bicyclic) bond motifs is 1. The zero-order valence-electron chi connectivity index (χ0n) is 10.9. The molecule has 2 N–H and O–H groups in total. The first-order valence-corrected chi connectivity index (χ1v) is 8.54. The molecule has 2 aromatic carbocycles. The molecule has 1 aliphatic rings. The van der Waals surface area contributed by atoms with E-state index < -0.39 is 15.8 Å². The molecule has 0 radical (unpaired) electrons. The van der Waals surface area contributed by atoms with Gasteiger partial charge in [0, 0.05) is 13.1 Å². The van der Waals surface area contributed by atoms with Gasteiger partial charge in [-0.05, 0) is 57.4 Å². The smallest absolute Gasteiger partial charge is 0.261 e. The summed E-state index contributed by atoms with van der Waals surface area (Å²) >= 11 is 3.03. The summed E-state index contributed by atoms with van der Waals surface area (Å²) in [4.78, 5) is 0.174. The fourth-order valence-corrected chi connectivity index (χ4v) is 3.56. The number of hydrogen-bond donors (Lipinski definition) is 2. The predicted octanol–water partition coefficient (Wildman–Crippen LogP) is 2.99. The number of hydrogen-bond acceptors (Lipinski definition) is 3. The summed E-state index contributed by atoms with van der Waals surface area (Å²) in [7, 11) is -3.72. The van der Waals surface area contributed by atoms with Gasteiger partial charge in [-0.3, -0.25) is 4.72 Å². The maximum Gasteiger partial charge on any atom is 0.261 e. The largest absolute Gasteiger partial charge is 0.309 e. The van der Waals surface area contributed by atoms with Gasteiger partial charge in [0.1, 0.15) is 5.82 Å². The molecule has 3 rings (SSSR count). The lowest BCUT2D eigenvalue weighted by atomic mass is 10.1. The Kier molecular flexibility index (Phi) is 3.73. The predicted molar refractivity (Wildman–Crippen MR) is 81.9 cm³/mol. The number of anilines is 1. The van der Waals surface area contributed by atoms with Crippen LogP contribution in [0.4, 0.5) is 10.1 Å². The van der Waals surface area contributed by atoms with Gasteiger partial charge >= 0.3 is 0 Å². The van der Waals surface area contributed by atoms with E-state index in [1.54, 1.807) is 18.2 Å². The third kappa shape index (κ3) is 2.95. The third-order valence-corrected chi connectivity index (χ3v) is 5.31. The summed E-state index contributed by atoms with van der Waals surface area (Å²) in [6, 6.07) is 9.10. The van der Waals surface area contributed by atoms with Crippen LogP contribution in [0.5, 0.6) is 0 Å². The highest BCUT2D eigenvalue weighted by Gasteiger charge is 2.18. The molecule has 7 heteroatoms. The molecule has 0 aromatic heterocycles. The van der Waals surface area contributed by atoms with E-state index in [2.05, 4.69) is 26.0 Å². The summed E-state index contributed by atoms with van der Waals surface area (Å²) in [6.45, 7) is 1.41. The summed E-state index contributed by atoms with van der Waals surface area (Å²) in [5, 5.41) is 3.16. The molecule has 0 bridgehead atoms. The average Bonchev–Trinajstić information content (AvgIpc) is 2.90. The molecule has 21 heavy (non-hydrogen) atoms. The fraction of sp³-hybridized carbons (Fsp3) is 0.143. The molecule has 1 heterocycles. The molecule has 0 aliphatic carbocycles. The minimum Gasteiger partial charge on any atom is -0.309 e. The molecule has 2 aromatic rings. The van der Waals surface area contributed by atoms with Gasteiger partial charge in [-0.25, -0.2) is 12.8 Å². The highest BCUT2D eigenvalue weighted by molar-refractivity contribution is 9.10. The van der Waals surface area contributed by atoms with Gasteiger partial charge in [0.2, 0.25) is 0 Å². The number of halogens is 2. The second-order valence-electron chi connectivity index (χ2n) is 4.77. The molecule has 4 nitrogen and oxygen atoms in total. The molecule has 0 saturated heterocycles. The molecule has 0 fully saturated rings. The number of benzene rings is 2. The van der Waals surface area contributed by atoms with Crippen LogP contribution in [0.25, 0.3) is 0 Å². The second-order valence-corrected chi connectivity index (χ2v) is 7.31. The van der Waals surface area contributed by atoms with Crippen molar-refractivity contribution in [3.05, 3.63) is 57.8 Å². The maximum atomic E-state index is 13.4. The maximum absolute atomic E-state index is 13.4. The SMILES string of the molecule is O=S(=O)(Nc1ccc(Br)c(F)c1)c1ccc2c(c1)CNC2. The van der Waals surface area contributed by atoms with Crippen molar-refractivity contribution in [2.45, 2.75) is 18.0 Å². The van der Waals surface area contributed by atoms with Crippen LogP contribution in [0.2, 0.25) is 0 Å². The molecule has 0 amide bonds. The first-order chi connectivity index (χ1) is 9.95. The van der Waals surface area contributed by atoms with E-state index in [-0.39, 0.29) is 15.1 Å². The van der Waals surface area contributed by atoms with Gasteiger partial charge in [-0.15, -0.1) is 0 Å². The standard InChI is InChI=1S/C14H12BrFN2O2S/c15-13-4-2-11(6-14(13)16)18-21(19,20)12-3-1-9-7-17-8-10(9)5-12/h1-6,17-18H,7-8H2. The molecule has 110 valence electrons. The summed E-state index contributed by atoms with van der Waals surface area (Å²) in [5.41, 5.74) is 2.26. The molecule has 0 atom stereocenters. The fourth-order valence-electron chi connectivity index (χ4n) is 2.21. The van der Waals surface area contributed by atoms with Crippen molar-refractivity contribution in [3.63, 3.8) is 0 Å². The van der Waals surface area contributed by atoms with Gasteiger partial charge in [0.25, 0.3) is 10.0 Å². The molecular weight excluding hydrogens is 359 g/mol. The Morgan fingerprint density at radius 2 is 1.86 bits per heavy atom. The van der Waals surface area contributed by atoms with E-state index in [0.29, 0.717) is 6.54 Å². The Hall–Kier alpha value is -1.44. The lowest BCUT2D eigenvalue weighted by Gasteiger charge is -2.10. The summed E-state index contributed by atoms with van der Waals surface area (Å²) in [5.74, 6) is -0.520. The number of sulfonamides is 1. The minimum absolute atomic E-state index is 0.174. The van der Waals surface area contributed by atoms with Crippen molar-refractivity contribution in [3.8, 4) is 0 Å². The van der Waals surface area contributed by atoms with Crippen LogP contribution < -0.4 is 10.0 Å². The molecule has 1 aliphatic heterocycles. The van der Waals surface area contributed by atoms with Crippen LogP contribution in [0, 0.1) is 5.82 Å². The third-order valence-electron chi connectivity index (χ3n) is 3.29. The van der Waals surface area contributed by atoms with Crippen LogP contribution in [0.1, 0.15) is 11.1 Å². The van der Waals surface area contributed by atoms with Crippen LogP contribution in [-0.4, -0.2) is 8.42 Å². The van der Waals surface area contributed by atoms with Crippen molar-refractivity contribution < 1.29 is 12.8 Å². The highest BCUT2D eigenvalue weighted by Crippen LogP contribution is 2.24. The number of rotatable bonds is 3. The highest BCUT2D eigenvalue weighted by atomic mass is 79.9. The van der Waals surface area contributed by atoms with Gasteiger partial charge in [0.15, 0.2) is 0 Å². The number of nitrogens with one attached hydrogen (secondary N) is 2. The molecule has 0 saturated carbocycles. The minimum atomic E-state index is -3.72. The molecule has 0 unspecified atom stereocenters. The van der Waals surface area contributed by atoms with E-state index >= 15 is 0 Å². The van der Waals surface area contributed by atoms with Gasteiger partial charge in [-0.1, -0.05) is 6.07 Å². The Morgan fingerprint density at radius 3 is 2.62 bits per heavy atom. The van der Waals surface area contributed by atoms with Crippen molar-refractivity contribution >= 4 is 31.6 Å².